The molecule has 1 amide bonds. The highest BCUT2D eigenvalue weighted by Gasteiger charge is 2.22. The van der Waals surface area contributed by atoms with Crippen molar-refractivity contribution >= 4 is 5.91 Å². The SMILES string of the molecule is O=C(c1cccc(C2CCCNC2)n1)N1CCOCC1. The van der Waals surface area contributed by atoms with Crippen molar-refractivity contribution in [3.8, 4) is 0 Å². The second-order valence-electron chi connectivity index (χ2n) is 5.40. The molecule has 1 unspecified atom stereocenters. The summed E-state index contributed by atoms with van der Waals surface area (Å²) in [5.74, 6) is 0.458. The average Bonchev–Trinajstić information content (AvgIpc) is 2.56. The molecule has 2 fully saturated rings. The van der Waals surface area contributed by atoms with E-state index in [2.05, 4.69) is 10.3 Å². The number of pyridine rings is 1. The number of nitrogens with zero attached hydrogens (tertiary/aromatic N) is 2. The molecule has 2 saturated heterocycles. The lowest BCUT2D eigenvalue weighted by Gasteiger charge is -2.27. The summed E-state index contributed by atoms with van der Waals surface area (Å²) in [6, 6.07) is 5.80. The minimum atomic E-state index is 0.0268. The Morgan fingerprint density at radius 2 is 2.20 bits per heavy atom. The Labute approximate surface area is 119 Å². The van der Waals surface area contributed by atoms with Gasteiger partial charge in [0.2, 0.25) is 0 Å². The van der Waals surface area contributed by atoms with Crippen molar-refractivity contribution in [1.82, 2.24) is 15.2 Å². The molecular formula is C15H21N3O2. The number of amides is 1. The highest BCUT2D eigenvalue weighted by Crippen LogP contribution is 2.21. The predicted molar refractivity (Wildman–Crippen MR) is 75.8 cm³/mol. The first-order valence-electron chi connectivity index (χ1n) is 7.39. The number of ether oxygens (including phenoxy) is 1. The Kier molecular flexibility index (Phi) is 4.28. The number of carbonyl (C=O) groups excluding carboxylic acids is 1. The van der Waals surface area contributed by atoms with Crippen LogP contribution in [0.4, 0.5) is 0 Å². The van der Waals surface area contributed by atoms with Crippen molar-refractivity contribution in [1.29, 1.82) is 0 Å². The molecule has 2 aliphatic rings. The summed E-state index contributed by atoms with van der Waals surface area (Å²) in [7, 11) is 0. The summed E-state index contributed by atoms with van der Waals surface area (Å²) in [5, 5.41) is 3.39. The third kappa shape index (κ3) is 2.99. The zero-order chi connectivity index (χ0) is 13.8. The minimum Gasteiger partial charge on any atom is -0.378 e. The number of carbonyl (C=O) groups is 1. The predicted octanol–water partition coefficient (Wildman–Crippen LogP) is 1.02. The zero-order valence-electron chi connectivity index (χ0n) is 11.7. The van der Waals surface area contributed by atoms with Crippen molar-refractivity contribution in [3.63, 3.8) is 0 Å². The molecule has 1 atom stereocenters. The lowest BCUT2D eigenvalue weighted by molar-refractivity contribution is 0.0299. The summed E-state index contributed by atoms with van der Waals surface area (Å²) >= 11 is 0. The summed E-state index contributed by atoms with van der Waals surface area (Å²) in [6.45, 7) is 4.62. The van der Waals surface area contributed by atoms with Gasteiger partial charge in [-0.2, -0.15) is 0 Å². The monoisotopic (exact) mass is 275 g/mol. The third-order valence-corrected chi connectivity index (χ3v) is 4.00. The summed E-state index contributed by atoms with van der Waals surface area (Å²) in [6.07, 6.45) is 2.32. The molecular weight excluding hydrogens is 254 g/mol. The van der Waals surface area contributed by atoms with Crippen LogP contribution in [-0.4, -0.2) is 55.2 Å². The Morgan fingerprint density at radius 1 is 1.35 bits per heavy atom. The Balaban J connectivity index is 1.74. The fraction of sp³-hybridized carbons (Fsp3) is 0.600. The smallest absolute Gasteiger partial charge is 0.272 e. The standard InChI is InChI=1S/C15H21N3O2/c19-15(18-7-9-20-10-8-18)14-5-1-4-13(17-14)12-3-2-6-16-11-12/h1,4-5,12,16H,2-3,6-11H2. The summed E-state index contributed by atoms with van der Waals surface area (Å²) in [5.41, 5.74) is 1.60. The molecule has 2 aliphatic heterocycles. The lowest BCUT2D eigenvalue weighted by atomic mass is 9.95. The van der Waals surface area contributed by atoms with Gasteiger partial charge in [-0.1, -0.05) is 6.07 Å². The van der Waals surface area contributed by atoms with E-state index in [9.17, 15) is 4.79 Å². The van der Waals surface area contributed by atoms with E-state index in [0.717, 1.165) is 25.2 Å². The van der Waals surface area contributed by atoms with E-state index in [0.29, 0.717) is 37.9 Å². The van der Waals surface area contributed by atoms with Crippen LogP contribution >= 0.6 is 0 Å². The number of nitrogens with one attached hydrogen (secondary N) is 1. The molecule has 1 N–H and O–H groups in total. The van der Waals surface area contributed by atoms with Crippen LogP contribution in [0.15, 0.2) is 18.2 Å². The Hall–Kier alpha value is -1.46. The van der Waals surface area contributed by atoms with Gasteiger partial charge in [-0.25, -0.2) is 4.98 Å². The first-order valence-corrected chi connectivity index (χ1v) is 7.39. The molecule has 5 heteroatoms. The van der Waals surface area contributed by atoms with Crippen molar-refractivity contribution in [2.75, 3.05) is 39.4 Å². The van der Waals surface area contributed by atoms with Crippen molar-refractivity contribution in [2.24, 2.45) is 0 Å². The van der Waals surface area contributed by atoms with Gasteiger partial charge < -0.3 is 15.0 Å². The normalized spacial score (nSPS) is 23.6. The molecule has 0 radical (unpaired) electrons. The largest absolute Gasteiger partial charge is 0.378 e. The lowest BCUT2D eigenvalue weighted by Crippen LogP contribution is -2.41. The van der Waals surface area contributed by atoms with Crippen LogP contribution in [0.5, 0.6) is 0 Å². The molecule has 0 bridgehead atoms. The van der Waals surface area contributed by atoms with Gasteiger partial charge in [0.25, 0.3) is 5.91 Å². The van der Waals surface area contributed by atoms with Crippen LogP contribution in [0.2, 0.25) is 0 Å². The van der Waals surface area contributed by atoms with Gasteiger partial charge in [0.15, 0.2) is 0 Å². The fourth-order valence-electron chi connectivity index (χ4n) is 2.83. The molecule has 0 aromatic carbocycles. The molecule has 0 saturated carbocycles. The summed E-state index contributed by atoms with van der Waals surface area (Å²) in [4.78, 5) is 18.9. The van der Waals surface area contributed by atoms with Gasteiger partial charge in [-0.15, -0.1) is 0 Å². The van der Waals surface area contributed by atoms with Gasteiger partial charge in [0, 0.05) is 31.2 Å². The third-order valence-electron chi connectivity index (χ3n) is 4.00. The van der Waals surface area contributed by atoms with Crippen LogP contribution in [0.1, 0.15) is 34.9 Å². The first-order chi connectivity index (χ1) is 9.84. The van der Waals surface area contributed by atoms with Crippen molar-refractivity contribution < 1.29 is 9.53 Å². The molecule has 3 heterocycles. The van der Waals surface area contributed by atoms with Crippen LogP contribution in [-0.2, 0) is 4.74 Å². The second kappa shape index (κ2) is 6.33. The maximum Gasteiger partial charge on any atom is 0.272 e. The van der Waals surface area contributed by atoms with Crippen LogP contribution < -0.4 is 5.32 Å². The van der Waals surface area contributed by atoms with Crippen LogP contribution in [0, 0.1) is 0 Å². The van der Waals surface area contributed by atoms with E-state index >= 15 is 0 Å². The average molecular weight is 275 g/mol. The number of aromatic nitrogens is 1. The quantitative estimate of drug-likeness (QED) is 0.875. The zero-order valence-corrected chi connectivity index (χ0v) is 11.7. The summed E-state index contributed by atoms with van der Waals surface area (Å²) < 4.78 is 5.28. The second-order valence-corrected chi connectivity index (χ2v) is 5.40. The number of rotatable bonds is 2. The maximum absolute atomic E-state index is 12.4. The van der Waals surface area contributed by atoms with Crippen LogP contribution in [0.25, 0.3) is 0 Å². The molecule has 3 rings (SSSR count). The molecule has 1 aromatic heterocycles. The topological polar surface area (TPSA) is 54.5 Å². The van der Waals surface area contributed by atoms with E-state index in [1.165, 1.54) is 6.42 Å². The fourth-order valence-corrected chi connectivity index (χ4v) is 2.83. The Bertz CT molecular complexity index is 466. The molecule has 20 heavy (non-hydrogen) atoms. The van der Waals surface area contributed by atoms with Crippen LogP contribution in [0.3, 0.4) is 0 Å². The van der Waals surface area contributed by atoms with E-state index in [1.807, 2.05) is 23.1 Å². The molecule has 0 spiro atoms. The van der Waals surface area contributed by atoms with Gasteiger partial charge in [0.1, 0.15) is 5.69 Å². The number of piperidine rings is 1. The van der Waals surface area contributed by atoms with Gasteiger partial charge in [-0.05, 0) is 31.5 Å². The molecule has 1 aromatic rings. The molecule has 0 aliphatic carbocycles. The number of hydrogen-bond donors (Lipinski definition) is 1. The van der Waals surface area contributed by atoms with Crippen molar-refractivity contribution in [2.45, 2.75) is 18.8 Å². The van der Waals surface area contributed by atoms with Gasteiger partial charge >= 0.3 is 0 Å². The van der Waals surface area contributed by atoms with Crippen molar-refractivity contribution in [3.05, 3.63) is 29.6 Å². The van der Waals surface area contributed by atoms with E-state index < -0.39 is 0 Å². The Morgan fingerprint density at radius 3 is 2.95 bits per heavy atom. The van der Waals surface area contributed by atoms with E-state index in [1.54, 1.807) is 0 Å². The molecule has 5 nitrogen and oxygen atoms in total. The maximum atomic E-state index is 12.4. The highest BCUT2D eigenvalue weighted by molar-refractivity contribution is 5.92. The van der Waals surface area contributed by atoms with Gasteiger partial charge in [0.05, 0.1) is 13.2 Å². The first kappa shape index (κ1) is 13.5. The van der Waals surface area contributed by atoms with Gasteiger partial charge in [-0.3, -0.25) is 4.79 Å². The molecule has 108 valence electrons. The minimum absolute atomic E-state index is 0.0268. The number of morpholine rings is 1. The van der Waals surface area contributed by atoms with E-state index in [4.69, 9.17) is 4.74 Å². The highest BCUT2D eigenvalue weighted by atomic mass is 16.5. The van der Waals surface area contributed by atoms with E-state index in [-0.39, 0.29) is 5.91 Å². The number of hydrogen-bond acceptors (Lipinski definition) is 4.